The molecule has 106 valence electrons. The van der Waals surface area contributed by atoms with Crippen molar-refractivity contribution in [2.24, 2.45) is 0 Å². The van der Waals surface area contributed by atoms with E-state index in [-0.39, 0.29) is 53.2 Å². The molecule has 2 aliphatic heterocycles. The van der Waals surface area contributed by atoms with Crippen LogP contribution in [0, 0.1) is 0 Å². The van der Waals surface area contributed by atoms with Crippen LogP contribution in [0.3, 0.4) is 0 Å². The zero-order chi connectivity index (χ0) is 14.4. The van der Waals surface area contributed by atoms with Crippen molar-refractivity contribution in [1.29, 1.82) is 0 Å². The number of hydrogen-bond acceptors (Lipinski definition) is 5. The Morgan fingerprint density at radius 3 is 2.60 bits per heavy atom. The van der Waals surface area contributed by atoms with Crippen molar-refractivity contribution in [2.45, 2.75) is 42.5 Å². The Morgan fingerprint density at radius 2 is 2.10 bits per heavy atom. The van der Waals surface area contributed by atoms with Crippen LogP contribution in [0.4, 0.5) is 0 Å². The SMILES string of the molecule is CC1(C)S[C@@H]2[C@H](NC(=O)CCBr)C(=O)N2[C@H]1C(=O)[O-].[Na+]. The molecule has 6 nitrogen and oxygen atoms in total. The fraction of sp³-hybridized carbons (Fsp3) is 0.727. The number of amides is 2. The van der Waals surface area contributed by atoms with Gasteiger partial charge in [0, 0.05) is 16.5 Å². The molecule has 2 saturated heterocycles. The number of fused-ring (bicyclic) bond motifs is 1. The number of nitrogens with zero attached hydrogens (tertiary/aromatic N) is 1. The molecule has 0 bridgehead atoms. The number of nitrogens with one attached hydrogen (secondary N) is 1. The van der Waals surface area contributed by atoms with E-state index in [4.69, 9.17) is 0 Å². The molecule has 0 unspecified atom stereocenters. The Hall–Kier alpha value is 0.240. The molecular weight excluding hydrogens is 359 g/mol. The number of carbonyl (C=O) groups excluding carboxylic acids is 3. The minimum atomic E-state index is -1.25. The summed E-state index contributed by atoms with van der Waals surface area (Å²) in [7, 11) is 0. The number of thioether (sulfide) groups is 1. The summed E-state index contributed by atoms with van der Waals surface area (Å²) >= 11 is 4.53. The van der Waals surface area contributed by atoms with Gasteiger partial charge >= 0.3 is 29.6 Å². The average molecular weight is 373 g/mol. The standard InChI is InChI=1S/C11H15BrN2O4S.Na/c1-11(2)7(10(17)18)14-8(16)6(9(14)19-11)13-5(15)3-4-12;/h6-7,9H,3-4H2,1-2H3,(H,13,15)(H,17,18);/q;+1/p-1/t6-,7+,9-;/m1./s1. The molecule has 0 aromatic carbocycles. The van der Waals surface area contributed by atoms with Crippen molar-refractivity contribution in [3.8, 4) is 0 Å². The van der Waals surface area contributed by atoms with E-state index in [1.54, 1.807) is 13.8 Å². The van der Waals surface area contributed by atoms with E-state index < -0.39 is 22.8 Å². The minimum Gasteiger partial charge on any atom is -0.548 e. The molecule has 0 spiro atoms. The van der Waals surface area contributed by atoms with Crippen molar-refractivity contribution in [2.75, 3.05) is 5.33 Å². The van der Waals surface area contributed by atoms with Gasteiger partial charge in [-0.05, 0) is 13.8 Å². The van der Waals surface area contributed by atoms with Gasteiger partial charge in [0.25, 0.3) is 0 Å². The van der Waals surface area contributed by atoms with Gasteiger partial charge in [0.15, 0.2) is 0 Å². The second-order valence-corrected chi connectivity index (χ2v) is 7.63. The van der Waals surface area contributed by atoms with Crippen molar-refractivity contribution in [1.82, 2.24) is 10.2 Å². The average Bonchev–Trinajstić information content (AvgIpc) is 2.55. The Bertz CT molecular complexity index is 448. The number of β-lactam (4-membered cyclic amide) rings is 1. The first-order valence-electron chi connectivity index (χ1n) is 5.86. The van der Waals surface area contributed by atoms with E-state index in [1.165, 1.54) is 16.7 Å². The number of carboxylic acids is 1. The molecule has 2 rings (SSSR count). The molecule has 2 heterocycles. The van der Waals surface area contributed by atoms with Gasteiger partial charge in [-0.15, -0.1) is 11.8 Å². The maximum absolute atomic E-state index is 12.0. The summed E-state index contributed by atoms with van der Waals surface area (Å²) in [6.45, 7) is 3.53. The van der Waals surface area contributed by atoms with Crippen molar-refractivity contribution < 1.29 is 49.0 Å². The minimum absolute atomic E-state index is 0. The first kappa shape index (κ1) is 18.3. The summed E-state index contributed by atoms with van der Waals surface area (Å²) in [5.74, 6) is -1.82. The summed E-state index contributed by atoms with van der Waals surface area (Å²) < 4.78 is -0.617. The van der Waals surface area contributed by atoms with Crippen LogP contribution in [0.2, 0.25) is 0 Å². The van der Waals surface area contributed by atoms with E-state index in [9.17, 15) is 19.5 Å². The van der Waals surface area contributed by atoms with Gasteiger partial charge in [0.2, 0.25) is 11.8 Å². The Balaban J connectivity index is 0.00000200. The quantitative estimate of drug-likeness (QED) is 0.309. The molecule has 1 N–H and O–H groups in total. The molecule has 0 aromatic heterocycles. The van der Waals surface area contributed by atoms with E-state index in [2.05, 4.69) is 21.2 Å². The third-order valence-corrected chi connectivity index (χ3v) is 5.27. The van der Waals surface area contributed by atoms with Gasteiger partial charge in [0.05, 0.1) is 12.0 Å². The van der Waals surface area contributed by atoms with Crippen molar-refractivity contribution >= 4 is 45.5 Å². The molecule has 3 atom stereocenters. The van der Waals surface area contributed by atoms with Gasteiger partial charge < -0.3 is 20.1 Å². The number of carbonyl (C=O) groups is 3. The molecular formula is C11H14BrN2NaO4S. The summed E-state index contributed by atoms with van der Waals surface area (Å²) in [6, 6.07) is -1.57. The van der Waals surface area contributed by atoms with E-state index in [0.29, 0.717) is 5.33 Å². The van der Waals surface area contributed by atoms with Gasteiger partial charge in [-0.3, -0.25) is 9.59 Å². The predicted molar refractivity (Wildman–Crippen MR) is 71.4 cm³/mol. The fourth-order valence-electron chi connectivity index (χ4n) is 2.46. The van der Waals surface area contributed by atoms with Crippen LogP contribution in [-0.2, 0) is 14.4 Å². The van der Waals surface area contributed by atoms with Crippen molar-refractivity contribution in [3.63, 3.8) is 0 Å². The molecule has 20 heavy (non-hydrogen) atoms. The van der Waals surface area contributed by atoms with Crippen LogP contribution in [0.5, 0.6) is 0 Å². The molecule has 2 amide bonds. The maximum atomic E-state index is 12.0. The van der Waals surface area contributed by atoms with Crippen LogP contribution >= 0.6 is 27.7 Å². The van der Waals surface area contributed by atoms with Gasteiger partial charge in [-0.2, -0.15) is 0 Å². The van der Waals surface area contributed by atoms with Crippen LogP contribution in [0.15, 0.2) is 0 Å². The monoisotopic (exact) mass is 372 g/mol. The van der Waals surface area contributed by atoms with E-state index >= 15 is 0 Å². The molecule has 0 saturated carbocycles. The number of halogens is 1. The van der Waals surface area contributed by atoms with Crippen molar-refractivity contribution in [3.05, 3.63) is 0 Å². The predicted octanol–water partition coefficient (Wildman–Crippen LogP) is -3.93. The molecule has 0 radical (unpaired) electrons. The summed E-state index contributed by atoms with van der Waals surface area (Å²) in [5.41, 5.74) is 0. The third kappa shape index (κ3) is 3.04. The number of alkyl halides is 1. The second-order valence-electron chi connectivity index (χ2n) is 5.06. The number of aliphatic carboxylic acids is 1. The third-order valence-electron chi connectivity index (χ3n) is 3.30. The fourth-order valence-corrected chi connectivity index (χ4v) is 4.44. The Labute approximate surface area is 151 Å². The van der Waals surface area contributed by atoms with Crippen LogP contribution < -0.4 is 40.0 Å². The topological polar surface area (TPSA) is 89.5 Å². The van der Waals surface area contributed by atoms with Gasteiger partial charge in [-0.25, -0.2) is 0 Å². The van der Waals surface area contributed by atoms with Gasteiger partial charge in [-0.1, -0.05) is 15.9 Å². The summed E-state index contributed by atoms with van der Waals surface area (Å²) in [4.78, 5) is 36.0. The number of carboxylic acid groups (broad SMARTS) is 1. The molecule has 0 aliphatic carbocycles. The van der Waals surface area contributed by atoms with Crippen LogP contribution in [-0.4, -0.2) is 50.2 Å². The summed E-state index contributed by atoms with van der Waals surface area (Å²) in [5, 5.41) is 14.0. The smallest absolute Gasteiger partial charge is 0.548 e. The second kappa shape index (κ2) is 6.56. The number of rotatable bonds is 4. The van der Waals surface area contributed by atoms with Crippen LogP contribution in [0.1, 0.15) is 20.3 Å². The van der Waals surface area contributed by atoms with E-state index in [0.717, 1.165) is 0 Å². The summed E-state index contributed by atoms with van der Waals surface area (Å²) in [6.07, 6.45) is 0.286. The molecule has 2 aliphatic rings. The normalized spacial score (nSPS) is 30.1. The molecule has 0 aromatic rings. The largest absolute Gasteiger partial charge is 1.00 e. The van der Waals surface area contributed by atoms with E-state index in [1.807, 2.05) is 0 Å². The Kier molecular flexibility index (Phi) is 6.00. The number of hydrogen-bond donors (Lipinski definition) is 1. The molecule has 2 fully saturated rings. The zero-order valence-electron chi connectivity index (χ0n) is 11.5. The van der Waals surface area contributed by atoms with Gasteiger partial charge in [0.1, 0.15) is 11.4 Å². The maximum Gasteiger partial charge on any atom is 1.00 e. The first-order chi connectivity index (χ1) is 8.79. The van der Waals surface area contributed by atoms with Crippen LogP contribution in [0.25, 0.3) is 0 Å². The molecule has 9 heteroatoms. The zero-order valence-corrected chi connectivity index (χ0v) is 15.9. The first-order valence-corrected chi connectivity index (χ1v) is 7.86. The Morgan fingerprint density at radius 1 is 1.50 bits per heavy atom.